The molecule has 0 aliphatic heterocycles. The van der Waals surface area contributed by atoms with Crippen molar-refractivity contribution in [1.82, 2.24) is 9.55 Å². The Hall–Kier alpha value is -1.54. The number of halogens is 1. The maximum Gasteiger partial charge on any atom is 0.281 e. The van der Waals surface area contributed by atoms with E-state index < -0.39 is 10.0 Å². The normalized spacial score (nSPS) is 11.6. The van der Waals surface area contributed by atoms with Crippen LogP contribution in [-0.2, 0) is 16.6 Å². The van der Waals surface area contributed by atoms with Crippen LogP contribution in [0.4, 0.5) is 5.69 Å². The number of nitrogens with one attached hydrogen (secondary N) is 1. The lowest BCUT2D eigenvalue weighted by atomic mass is 10.3. The Balaban J connectivity index is 2.38. The van der Waals surface area contributed by atoms with Gasteiger partial charge in [-0.15, -0.1) is 0 Å². The van der Waals surface area contributed by atoms with E-state index in [1.165, 1.54) is 12.3 Å². The van der Waals surface area contributed by atoms with Gasteiger partial charge in [-0.3, -0.25) is 4.72 Å². The second kappa shape index (κ2) is 5.45. The standard InChI is InChI=1S/C12H14BrN3O3S/c1-3-16-7-11(14-8(16)2)20(18,19)15-10-6-4-5-9(13)12(10)17/h4-7,15,17H,3H2,1-2H3. The van der Waals surface area contributed by atoms with Crippen LogP contribution in [0, 0.1) is 6.92 Å². The first kappa shape index (κ1) is 14.9. The number of phenolic OH excluding ortho intramolecular Hbond substituents is 1. The van der Waals surface area contributed by atoms with E-state index in [0.29, 0.717) is 16.8 Å². The molecule has 1 aromatic carbocycles. The Morgan fingerprint density at radius 1 is 1.45 bits per heavy atom. The van der Waals surface area contributed by atoms with E-state index in [0.717, 1.165) is 0 Å². The van der Waals surface area contributed by atoms with Gasteiger partial charge in [-0.2, -0.15) is 8.42 Å². The van der Waals surface area contributed by atoms with E-state index in [1.54, 1.807) is 23.6 Å². The molecule has 2 N–H and O–H groups in total. The van der Waals surface area contributed by atoms with Gasteiger partial charge in [0.15, 0.2) is 10.8 Å². The minimum atomic E-state index is -3.83. The molecule has 108 valence electrons. The van der Waals surface area contributed by atoms with E-state index in [4.69, 9.17) is 0 Å². The lowest BCUT2D eigenvalue weighted by molar-refractivity contribution is 0.474. The summed E-state index contributed by atoms with van der Waals surface area (Å²) in [5, 5.41) is 9.74. The second-order valence-corrected chi connectivity index (χ2v) is 6.64. The summed E-state index contributed by atoms with van der Waals surface area (Å²) in [6, 6.07) is 4.71. The summed E-state index contributed by atoms with van der Waals surface area (Å²) in [7, 11) is -3.83. The van der Waals surface area contributed by atoms with E-state index in [9.17, 15) is 13.5 Å². The fraction of sp³-hybridized carbons (Fsp3) is 0.250. The summed E-state index contributed by atoms with van der Waals surface area (Å²) in [6.07, 6.45) is 1.46. The highest BCUT2D eigenvalue weighted by Gasteiger charge is 2.20. The van der Waals surface area contributed by atoms with Crippen LogP contribution in [0.1, 0.15) is 12.7 Å². The highest BCUT2D eigenvalue weighted by Crippen LogP contribution is 2.32. The van der Waals surface area contributed by atoms with E-state index in [1.807, 2.05) is 6.92 Å². The summed E-state index contributed by atoms with van der Waals surface area (Å²) in [6.45, 7) is 4.27. The Bertz CT molecular complexity index is 740. The van der Waals surface area contributed by atoms with Crippen LogP contribution in [0.5, 0.6) is 5.75 Å². The lowest BCUT2D eigenvalue weighted by Crippen LogP contribution is -2.13. The molecule has 2 rings (SSSR count). The number of phenols is 1. The van der Waals surface area contributed by atoms with Gasteiger partial charge in [0.1, 0.15) is 5.82 Å². The van der Waals surface area contributed by atoms with Crippen LogP contribution in [0.15, 0.2) is 33.9 Å². The molecule has 8 heteroatoms. The molecule has 0 radical (unpaired) electrons. The molecule has 0 atom stereocenters. The third-order valence-corrected chi connectivity index (χ3v) is 4.68. The van der Waals surface area contributed by atoms with Gasteiger partial charge in [0.25, 0.3) is 10.0 Å². The third-order valence-electron chi connectivity index (χ3n) is 2.80. The molecule has 0 amide bonds. The first-order chi connectivity index (χ1) is 9.35. The average molecular weight is 360 g/mol. The first-order valence-electron chi connectivity index (χ1n) is 5.89. The topological polar surface area (TPSA) is 84.2 Å². The van der Waals surface area contributed by atoms with Crippen molar-refractivity contribution in [3.05, 3.63) is 34.7 Å². The number of hydrogen-bond donors (Lipinski definition) is 2. The smallest absolute Gasteiger partial charge is 0.281 e. The molecule has 0 bridgehead atoms. The minimum Gasteiger partial charge on any atom is -0.505 e. The second-order valence-electron chi connectivity index (χ2n) is 4.15. The average Bonchev–Trinajstić information content (AvgIpc) is 2.77. The first-order valence-corrected chi connectivity index (χ1v) is 8.17. The molecule has 1 aromatic heterocycles. The molecular weight excluding hydrogens is 346 g/mol. The zero-order chi connectivity index (χ0) is 14.9. The van der Waals surface area contributed by atoms with Crippen molar-refractivity contribution >= 4 is 31.6 Å². The third kappa shape index (κ3) is 2.80. The van der Waals surface area contributed by atoms with Crippen molar-refractivity contribution < 1.29 is 13.5 Å². The molecule has 0 saturated heterocycles. The van der Waals surface area contributed by atoms with Crippen molar-refractivity contribution in [2.45, 2.75) is 25.4 Å². The predicted molar refractivity (Wildman–Crippen MR) is 79.3 cm³/mol. The summed E-state index contributed by atoms with van der Waals surface area (Å²) < 4.78 is 28.9. The number of imidazole rings is 1. The largest absolute Gasteiger partial charge is 0.505 e. The minimum absolute atomic E-state index is 0.0729. The van der Waals surface area contributed by atoms with Gasteiger partial charge in [-0.25, -0.2) is 4.98 Å². The molecular formula is C12H14BrN3O3S. The number of sulfonamides is 1. The van der Waals surface area contributed by atoms with E-state index in [-0.39, 0.29) is 16.5 Å². The van der Waals surface area contributed by atoms with Crippen LogP contribution in [-0.4, -0.2) is 23.1 Å². The summed E-state index contributed by atoms with van der Waals surface area (Å²) in [5.41, 5.74) is 0.100. The van der Waals surface area contributed by atoms with Gasteiger partial charge in [-0.1, -0.05) is 6.07 Å². The van der Waals surface area contributed by atoms with Gasteiger partial charge in [0.2, 0.25) is 0 Å². The molecule has 0 saturated carbocycles. The van der Waals surface area contributed by atoms with Crippen LogP contribution < -0.4 is 4.72 Å². The fourth-order valence-electron chi connectivity index (χ4n) is 1.72. The zero-order valence-electron chi connectivity index (χ0n) is 11.0. The number of aryl methyl sites for hydroxylation is 2. The number of nitrogens with zero attached hydrogens (tertiary/aromatic N) is 2. The number of anilines is 1. The quantitative estimate of drug-likeness (QED) is 0.821. The van der Waals surface area contributed by atoms with Gasteiger partial charge >= 0.3 is 0 Å². The maximum absolute atomic E-state index is 12.2. The van der Waals surface area contributed by atoms with Gasteiger partial charge in [0.05, 0.1) is 10.2 Å². The molecule has 0 aliphatic rings. The number of para-hydroxylation sites is 1. The Morgan fingerprint density at radius 3 is 2.75 bits per heavy atom. The molecule has 20 heavy (non-hydrogen) atoms. The number of rotatable bonds is 4. The Kier molecular flexibility index (Phi) is 4.05. The molecule has 0 spiro atoms. The van der Waals surface area contributed by atoms with E-state index in [2.05, 4.69) is 25.6 Å². The number of hydrogen-bond acceptors (Lipinski definition) is 4. The Morgan fingerprint density at radius 2 is 2.15 bits per heavy atom. The van der Waals surface area contributed by atoms with Crippen molar-refractivity contribution in [1.29, 1.82) is 0 Å². The number of aromatic nitrogens is 2. The lowest BCUT2D eigenvalue weighted by Gasteiger charge is -2.08. The summed E-state index contributed by atoms with van der Waals surface area (Å²) in [5.74, 6) is 0.453. The monoisotopic (exact) mass is 359 g/mol. The SMILES string of the molecule is CCn1cc(S(=O)(=O)Nc2cccc(Br)c2O)nc1C. The number of aromatic hydroxyl groups is 1. The van der Waals surface area contributed by atoms with E-state index >= 15 is 0 Å². The molecule has 0 fully saturated rings. The maximum atomic E-state index is 12.2. The molecule has 6 nitrogen and oxygen atoms in total. The zero-order valence-corrected chi connectivity index (χ0v) is 13.4. The Labute approximate surface area is 125 Å². The number of benzene rings is 1. The van der Waals surface area contributed by atoms with Crippen LogP contribution in [0.2, 0.25) is 0 Å². The van der Waals surface area contributed by atoms with Gasteiger partial charge < -0.3 is 9.67 Å². The molecule has 2 aromatic rings. The molecule has 0 unspecified atom stereocenters. The predicted octanol–water partition coefficient (Wildman–Crippen LogP) is 2.48. The molecule has 0 aliphatic carbocycles. The molecule has 1 heterocycles. The van der Waals surface area contributed by atoms with Gasteiger partial charge in [0, 0.05) is 12.7 Å². The van der Waals surface area contributed by atoms with Crippen molar-refractivity contribution in [3.63, 3.8) is 0 Å². The van der Waals surface area contributed by atoms with Crippen LogP contribution in [0.3, 0.4) is 0 Å². The van der Waals surface area contributed by atoms with Crippen molar-refractivity contribution in [2.75, 3.05) is 4.72 Å². The fourth-order valence-corrected chi connectivity index (χ4v) is 3.17. The van der Waals surface area contributed by atoms with Crippen LogP contribution >= 0.6 is 15.9 Å². The van der Waals surface area contributed by atoms with Gasteiger partial charge in [-0.05, 0) is 41.9 Å². The van der Waals surface area contributed by atoms with Crippen molar-refractivity contribution in [3.8, 4) is 5.75 Å². The van der Waals surface area contributed by atoms with Crippen molar-refractivity contribution in [2.24, 2.45) is 0 Å². The van der Waals surface area contributed by atoms with Crippen LogP contribution in [0.25, 0.3) is 0 Å². The summed E-state index contributed by atoms with van der Waals surface area (Å²) in [4.78, 5) is 4.02. The highest BCUT2D eigenvalue weighted by atomic mass is 79.9. The summed E-state index contributed by atoms with van der Waals surface area (Å²) >= 11 is 3.13. The highest BCUT2D eigenvalue weighted by molar-refractivity contribution is 9.10.